The fraction of sp³-hybridized carbons (Fsp3) is 1.00. The van der Waals surface area contributed by atoms with Gasteiger partial charge in [-0.1, -0.05) is 20.3 Å². The zero-order chi connectivity index (χ0) is 8.77. The number of ether oxygens (including phenoxy) is 1. The summed E-state index contributed by atoms with van der Waals surface area (Å²) < 4.78 is 5.69. The lowest BCUT2D eigenvalue weighted by Crippen LogP contribution is -2.24. The molecular weight excluding hydrogens is 148 g/mol. The molecule has 70 valence electrons. The van der Waals surface area contributed by atoms with Gasteiger partial charge in [0.05, 0.1) is 12.7 Å². The van der Waals surface area contributed by atoms with Gasteiger partial charge in [0.15, 0.2) is 0 Å². The highest BCUT2D eigenvalue weighted by atomic mass is 16.5. The van der Waals surface area contributed by atoms with Crippen molar-refractivity contribution in [1.29, 1.82) is 0 Å². The van der Waals surface area contributed by atoms with Gasteiger partial charge in [-0.3, -0.25) is 0 Å². The second-order valence-electron chi connectivity index (χ2n) is 4.56. The van der Waals surface area contributed by atoms with Crippen LogP contribution in [0.1, 0.15) is 40.0 Å². The summed E-state index contributed by atoms with van der Waals surface area (Å²) in [5, 5.41) is 0. The molecule has 1 saturated carbocycles. The molecule has 4 atom stereocenters. The highest BCUT2D eigenvalue weighted by Crippen LogP contribution is 2.67. The Kier molecular flexibility index (Phi) is 1.95. The fourth-order valence-electron chi connectivity index (χ4n) is 3.48. The van der Waals surface area contributed by atoms with E-state index >= 15 is 0 Å². The minimum absolute atomic E-state index is 0.512. The molecule has 2 rings (SSSR count). The maximum absolute atomic E-state index is 5.69. The van der Waals surface area contributed by atoms with Gasteiger partial charge in [-0.15, -0.1) is 0 Å². The number of hydrogen-bond acceptors (Lipinski definition) is 1. The van der Waals surface area contributed by atoms with E-state index in [-0.39, 0.29) is 0 Å². The summed E-state index contributed by atoms with van der Waals surface area (Å²) in [6, 6.07) is 0. The zero-order valence-corrected chi connectivity index (χ0v) is 8.47. The molecule has 1 saturated heterocycles. The van der Waals surface area contributed by atoms with Crippen LogP contribution in [-0.4, -0.2) is 12.7 Å². The third-order valence-corrected chi connectivity index (χ3v) is 4.18. The summed E-state index contributed by atoms with van der Waals surface area (Å²) in [5.74, 6) is 1.89. The average Bonchev–Trinajstić information content (AvgIpc) is 2.72. The summed E-state index contributed by atoms with van der Waals surface area (Å²) in [5.41, 5.74) is 0.701. The first-order valence-electron chi connectivity index (χ1n) is 5.36. The van der Waals surface area contributed by atoms with Crippen LogP contribution in [0, 0.1) is 17.3 Å². The average molecular weight is 168 g/mol. The molecule has 0 aromatic heterocycles. The SMILES string of the molecule is CC[C@@H]1[C@H]2CO[C@H](C)C[C@@]12CC. The first-order valence-corrected chi connectivity index (χ1v) is 5.36. The van der Waals surface area contributed by atoms with E-state index in [1.54, 1.807) is 0 Å². The topological polar surface area (TPSA) is 9.23 Å². The van der Waals surface area contributed by atoms with E-state index in [0.29, 0.717) is 11.5 Å². The Balaban J connectivity index is 2.08. The van der Waals surface area contributed by atoms with Gasteiger partial charge in [0.1, 0.15) is 0 Å². The van der Waals surface area contributed by atoms with Crippen molar-refractivity contribution in [2.75, 3.05) is 6.61 Å². The normalized spacial score (nSPS) is 51.8. The van der Waals surface area contributed by atoms with Crippen LogP contribution in [0.15, 0.2) is 0 Å². The molecule has 0 radical (unpaired) electrons. The highest BCUT2D eigenvalue weighted by Gasteiger charge is 2.63. The largest absolute Gasteiger partial charge is 0.378 e. The molecule has 0 aromatic carbocycles. The van der Waals surface area contributed by atoms with Crippen LogP contribution in [0.25, 0.3) is 0 Å². The molecule has 2 fully saturated rings. The number of rotatable bonds is 2. The van der Waals surface area contributed by atoms with Gasteiger partial charge >= 0.3 is 0 Å². The van der Waals surface area contributed by atoms with Gasteiger partial charge in [0.25, 0.3) is 0 Å². The van der Waals surface area contributed by atoms with Crippen LogP contribution in [0.4, 0.5) is 0 Å². The molecule has 0 amide bonds. The minimum atomic E-state index is 0.512. The van der Waals surface area contributed by atoms with E-state index < -0.39 is 0 Å². The molecule has 1 heterocycles. The summed E-state index contributed by atoms with van der Waals surface area (Å²) in [4.78, 5) is 0. The van der Waals surface area contributed by atoms with Crippen LogP contribution < -0.4 is 0 Å². The molecule has 2 aliphatic rings. The second kappa shape index (κ2) is 2.73. The number of hydrogen-bond donors (Lipinski definition) is 0. The van der Waals surface area contributed by atoms with Crippen molar-refractivity contribution in [3.05, 3.63) is 0 Å². The maximum atomic E-state index is 5.69. The summed E-state index contributed by atoms with van der Waals surface area (Å²) >= 11 is 0. The quantitative estimate of drug-likeness (QED) is 0.616. The zero-order valence-electron chi connectivity index (χ0n) is 8.47. The fourth-order valence-corrected chi connectivity index (χ4v) is 3.48. The second-order valence-corrected chi connectivity index (χ2v) is 4.56. The third-order valence-electron chi connectivity index (χ3n) is 4.18. The van der Waals surface area contributed by atoms with E-state index in [9.17, 15) is 0 Å². The lowest BCUT2D eigenvalue weighted by molar-refractivity contribution is -0.00235. The van der Waals surface area contributed by atoms with Crippen molar-refractivity contribution in [3.8, 4) is 0 Å². The van der Waals surface area contributed by atoms with E-state index in [1.807, 2.05) is 0 Å². The Labute approximate surface area is 75.5 Å². The molecule has 1 aliphatic heterocycles. The van der Waals surface area contributed by atoms with Crippen LogP contribution in [-0.2, 0) is 4.74 Å². The lowest BCUT2D eigenvalue weighted by atomic mass is 9.89. The van der Waals surface area contributed by atoms with E-state index in [1.165, 1.54) is 19.3 Å². The molecule has 0 N–H and O–H groups in total. The molecule has 1 nitrogen and oxygen atoms in total. The van der Waals surface area contributed by atoms with Crippen molar-refractivity contribution in [2.45, 2.75) is 46.1 Å². The van der Waals surface area contributed by atoms with E-state index in [4.69, 9.17) is 4.74 Å². The third kappa shape index (κ3) is 0.953. The number of fused-ring (bicyclic) bond motifs is 1. The maximum Gasteiger partial charge on any atom is 0.0552 e. The van der Waals surface area contributed by atoms with Gasteiger partial charge in [0.2, 0.25) is 0 Å². The summed E-state index contributed by atoms with van der Waals surface area (Å²) in [6.07, 6.45) is 4.54. The van der Waals surface area contributed by atoms with Crippen molar-refractivity contribution >= 4 is 0 Å². The van der Waals surface area contributed by atoms with Crippen LogP contribution in [0.5, 0.6) is 0 Å². The lowest BCUT2D eigenvalue weighted by Gasteiger charge is -2.26. The van der Waals surface area contributed by atoms with Gasteiger partial charge < -0.3 is 4.74 Å². The predicted molar refractivity (Wildman–Crippen MR) is 50.0 cm³/mol. The summed E-state index contributed by atoms with van der Waals surface area (Å²) in [6.45, 7) is 7.93. The van der Waals surface area contributed by atoms with Gasteiger partial charge in [-0.2, -0.15) is 0 Å². The van der Waals surface area contributed by atoms with Crippen molar-refractivity contribution in [2.24, 2.45) is 17.3 Å². The van der Waals surface area contributed by atoms with Gasteiger partial charge in [-0.25, -0.2) is 0 Å². The molecule has 12 heavy (non-hydrogen) atoms. The smallest absolute Gasteiger partial charge is 0.0552 e. The highest BCUT2D eigenvalue weighted by molar-refractivity contribution is 5.11. The molecule has 1 heteroatoms. The molecule has 0 aromatic rings. The first kappa shape index (κ1) is 8.55. The molecular formula is C11H20O. The molecule has 0 spiro atoms. The van der Waals surface area contributed by atoms with Crippen LogP contribution >= 0.6 is 0 Å². The Morgan fingerprint density at radius 1 is 1.42 bits per heavy atom. The Morgan fingerprint density at radius 3 is 2.75 bits per heavy atom. The van der Waals surface area contributed by atoms with E-state index in [0.717, 1.165) is 18.4 Å². The Hall–Kier alpha value is -0.0400. The predicted octanol–water partition coefficient (Wildman–Crippen LogP) is 2.85. The minimum Gasteiger partial charge on any atom is -0.378 e. The molecule has 0 bridgehead atoms. The Bertz CT molecular complexity index is 172. The first-order chi connectivity index (χ1) is 5.74. The van der Waals surface area contributed by atoms with Gasteiger partial charge in [0, 0.05) is 0 Å². The van der Waals surface area contributed by atoms with Gasteiger partial charge in [-0.05, 0) is 37.0 Å². The van der Waals surface area contributed by atoms with Crippen LogP contribution in [0.3, 0.4) is 0 Å². The van der Waals surface area contributed by atoms with Crippen molar-refractivity contribution < 1.29 is 4.74 Å². The monoisotopic (exact) mass is 168 g/mol. The summed E-state index contributed by atoms with van der Waals surface area (Å²) in [7, 11) is 0. The standard InChI is InChI=1S/C11H20O/c1-4-9-10-7-12-8(3)6-11(9,10)5-2/h8-10H,4-7H2,1-3H3/t8-,9-,10-,11+/m1/s1. The van der Waals surface area contributed by atoms with Crippen molar-refractivity contribution in [3.63, 3.8) is 0 Å². The van der Waals surface area contributed by atoms with E-state index in [2.05, 4.69) is 20.8 Å². The molecule has 0 unspecified atom stereocenters. The Morgan fingerprint density at radius 2 is 2.17 bits per heavy atom. The molecule has 1 aliphatic carbocycles. The van der Waals surface area contributed by atoms with Crippen molar-refractivity contribution in [1.82, 2.24) is 0 Å². The van der Waals surface area contributed by atoms with Crippen LogP contribution in [0.2, 0.25) is 0 Å².